The second-order valence-corrected chi connectivity index (χ2v) is 4.47. The molecular weight excluding hydrogens is 263 g/mol. The average Bonchev–Trinajstić information content (AvgIpc) is 2.26. The van der Waals surface area contributed by atoms with E-state index in [9.17, 15) is 9.90 Å². The molecule has 2 rings (SSSR count). The summed E-state index contributed by atoms with van der Waals surface area (Å²) in [5.41, 5.74) is 1.33. The highest BCUT2D eigenvalue weighted by Crippen LogP contribution is 2.22. The quantitative estimate of drug-likeness (QED) is 0.836. The largest absolute Gasteiger partial charge is 0.385 e. The fraction of sp³-hybridized carbons (Fsp3) is 0.636. The number of aryl methyl sites for hydroxylation is 1. The third-order valence-electron chi connectivity index (χ3n) is 3.00. The predicted molar refractivity (Wildman–Crippen MR) is 69.1 cm³/mol. The number of halogens is 2. The lowest BCUT2D eigenvalue weighted by Gasteiger charge is -2.23. The lowest BCUT2D eigenvalue weighted by atomic mass is 10.1. The van der Waals surface area contributed by atoms with E-state index in [0.29, 0.717) is 42.3 Å². The Balaban J connectivity index is 0.00000144. The molecule has 1 aromatic rings. The average molecular weight is 279 g/mol. The number of fused-ring (bicyclic) bond motifs is 1. The van der Waals surface area contributed by atoms with Crippen LogP contribution in [0.15, 0.2) is 4.79 Å². The standard InChI is InChI=1S/C11H15ClN2O2.ClH/c1-7-8(4-5-12)11(16)14-6-2-3-9(15)10(14)13-7;/h9,15H,2-6H2,1H3;1H. The smallest absolute Gasteiger partial charge is 0.257 e. The Hall–Kier alpha value is -0.580. The molecule has 2 heterocycles. The van der Waals surface area contributed by atoms with E-state index in [1.54, 1.807) is 11.5 Å². The predicted octanol–water partition coefficient (Wildman–Crippen LogP) is 1.58. The molecule has 0 saturated carbocycles. The topological polar surface area (TPSA) is 55.1 Å². The van der Waals surface area contributed by atoms with Gasteiger partial charge in [0.15, 0.2) is 0 Å². The van der Waals surface area contributed by atoms with E-state index in [1.807, 2.05) is 0 Å². The van der Waals surface area contributed by atoms with E-state index in [0.717, 1.165) is 6.42 Å². The molecule has 17 heavy (non-hydrogen) atoms. The van der Waals surface area contributed by atoms with Crippen molar-refractivity contribution in [3.63, 3.8) is 0 Å². The Labute approximate surface area is 111 Å². The van der Waals surface area contributed by atoms with E-state index >= 15 is 0 Å². The number of alkyl halides is 1. The van der Waals surface area contributed by atoms with E-state index in [4.69, 9.17) is 11.6 Å². The molecule has 1 atom stereocenters. The van der Waals surface area contributed by atoms with Gasteiger partial charge in [-0.1, -0.05) is 0 Å². The van der Waals surface area contributed by atoms with E-state index in [2.05, 4.69) is 4.98 Å². The van der Waals surface area contributed by atoms with E-state index in [-0.39, 0.29) is 18.0 Å². The van der Waals surface area contributed by atoms with Gasteiger partial charge in [-0.2, -0.15) is 0 Å². The van der Waals surface area contributed by atoms with Crippen molar-refractivity contribution in [1.82, 2.24) is 9.55 Å². The normalized spacial score (nSPS) is 18.4. The number of nitrogens with zero attached hydrogens (tertiary/aromatic N) is 2. The highest BCUT2D eigenvalue weighted by atomic mass is 35.5. The number of rotatable bonds is 2. The minimum atomic E-state index is -0.606. The zero-order valence-electron chi connectivity index (χ0n) is 9.65. The summed E-state index contributed by atoms with van der Waals surface area (Å²) in [7, 11) is 0. The summed E-state index contributed by atoms with van der Waals surface area (Å²) in [4.78, 5) is 16.5. The highest BCUT2D eigenvalue weighted by Gasteiger charge is 2.22. The molecule has 0 spiro atoms. The minimum Gasteiger partial charge on any atom is -0.385 e. The highest BCUT2D eigenvalue weighted by molar-refractivity contribution is 6.17. The first-order chi connectivity index (χ1) is 7.65. The summed E-state index contributed by atoms with van der Waals surface area (Å²) in [5, 5.41) is 9.78. The van der Waals surface area contributed by atoms with Gasteiger partial charge in [0.1, 0.15) is 11.9 Å². The fourth-order valence-electron chi connectivity index (χ4n) is 2.15. The molecule has 6 heteroatoms. The first-order valence-corrected chi connectivity index (χ1v) is 6.03. The summed E-state index contributed by atoms with van der Waals surface area (Å²) < 4.78 is 1.59. The Kier molecular flexibility index (Phi) is 4.98. The van der Waals surface area contributed by atoms with Gasteiger partial charge in [-0.3, -0.25) is 9.36 Å². The van der Waals surface area contributed by atoms with Crippen LogP contribution < -0.4 is 5.56 Å². The van der Waals surface area contributed by atoms with Gasteiger partial charge in [-0.15, -0.1) is 24.0 Å². The van der Waals surface area contributed by atoms with Gasteiger partial charge in [-0.25, -0.2) is 4.98 Å². The van der Waals surface area contributed by atoms with Crippen molar-refractivity contribution in [2.75, 3.05) is 5.88 Å². The zero-order chi connectivity index (χ0) is 11.7. The molecule has 1 aromatic heterocycles. The summed E-state index contributed by atoms with van der Waals surface area (Å²) in [5.74, 6) is 0.923. The molecule has 0 fully saturated rings. The number of hydrogen-bond acceptors (Lipinski definition) is 3. The van der Waals surface area contributed by atoms with Gasteiger partial charge in [-0.05, 0) is 26.2 Å². The molecule has 4 nitrogen and oxygen atoms in total. The molecule has 1 N–H and O–H groups in total. The van der Waals surface area contributed by atoms with Crippen molar-refractivity contribution < 1.29 is 5.11 Å². The van der Waals surface area contributed by atoms with Gasteiger partial charge in [0.25, 0.3) is 5.56 Å². The third-order valence-corrected chi connectivity index (χ3v) is 3.19. The van der Waals surface area contributed by atoms with Crippen molar-refractivity contribution in [3.8, 4) is 0 Å². The second-order valence-electron chi connectivity index (χ2n) is 4.09. The van der Waals surface area contributed by atoms with E-state index in [1.165, 1.54) is 0 Å². The maximum Gasteiger partial charge on any atom is 0.257 e. The first-order valence-electron chi connectivity index (χ1n) is 5.49. The molecule has 1 unspecified atom stereocenters. The minimum absolute atomic E-state index is 0. The third kappa shape index (κ3) is 2.64. The van der Waals surface area contributed by atoms with Gasteiger partial charge < -0.3 is 5.11 Å². The Morgan fingerprint density at radius 3 is 2.94 bits per heavy atom. The number of aliphatic hydroxyl groups excluding tert-OH is 1. The van der Waals surface area contributed by atoms with Crippen LogP contribution in [0.1, 0.15) is 36.0 Å². The van der Waals surface area contributed by atoms with Crippen LogP contribution in [0.5, 0.6) is 0 Å². The monoisotopic (exact) mass is 278 g/mol. The van der Waals surface area contributed by atoms with Gasteiger partial charge in [0.2, 0.25) is 0 Å². The molecule has 0 saturated heterocycles. The van der Waals surface area contributed by atoms with Crippen molar-refractivity contribution in [2.45, 2.75) is 38.8 Å². The lowest BCUT2D eigenvalue weighted by Crippen LogP contribution is -2.33. The SMILES string of the molecule is Cc1nc2n(c(=O)c1CCCl)CCCC2O.Cl. The Morgan fingerprint density at radius 1 is 1.59 bits per heavy atom. The molecule has 1 aliphatic heterocycles. The van der Waals surface area contributed by atoms with Crippen LogP contribution in [0.25, 0.3) is 0 Å². The Morgan fingerprint density at radius 2 is 2.29 bits per heavy atom. The van der Waals surface area contributed by atoms with Crippen molar-refractivity contribution in [3.05, 3.63) is 27.4 Å². The van der Waals surface area contributed by atoms with E-state index < -0.39 is 6.10 Å². The zero-order valence-corrected chi connectivity index (χ0v) is 11.2. The van der Waals surface area contributed by atoms with Gasteiger partial charge in [0.05, 0.1) is 0 Å². The maximum absolute atomic E-state index is 12.1. The summed E-state index contributed by atoms with van der Waals surface area (Å²) in [6.45, 7) is 2.44. The Bertz CT molecular complexity index is 460. The molecule has 0 aliphatic carbocycles. The maximum atomic E-state index is 12.1. The molecule has 0 amide bonds. The number of hydrogen-bond donors (Lipinski definition) is 1. The molecule has 1 aliphatic rings. The van der Waals surface area contributed by atoms with Crippen molar-refractivity contribution >= 4 is 24.0 Å². The number of aromatic nitrogens is 2. The molecule has 0 aromatic carbocycles. The second kappa shape index (κ2) is 5.85. The van der Waals surface area contributed by atoms with Crippen LogP contribution in [0, 0.1) is 6.92 Å². The van der Waals surface area contributed by atoms with Crippen molar-refractivity contribution in [2.24, 2.45) is 0 Å². The number of aliphatic hydroxyl groups is 1. The van der Waals surface area contributed by atoms with Crippen LogP contribution in [0.2, 0.25) is 0 Å². The first kappa shape index (κ1) is 14.5. The van der Waals surface area contributed by atoms with Crippen LogP contribution in [0.3, 0.4) is 0 Å². The summed E-state index contributed by atoms with van der Waals surface area (Å²) in [6, 6.07) is 0. The van der Waals surface area contributed by atoms with Crippen molar-refractivity contribution in [1.29, 1.82) is 0 Å². The fourth-order valence-corrected chi connectivity index (χ4v) is 2.34. The molecule has 0 radical (unpaired) electrons. The lowest BCUT2D eigenvalue weighted by molar-refractivity contribution is 0.130. The summed E-state index contributed by atoms with van der Waals surface area (Å²) in [6.07, 6.45) is 1.43. The van der Waals surface area contributed by atoms with Crippen LogP contribution in [0.4, 0.5) is 0 Å². The molecule has 0 bridgehead atoms. The van der Waals surface area contributed by atoms with Gasteiger partial charge >= 0.3 is 0 Å². The van der Waals surface area contributed by atoms with Gasteiger partial charge in [0, 0.05) is 23.7 Å². The molecular formula is C11H16Cl2N2O2. The van der Waals surface area contributed by atoms with Crippen LogP contribution in [-0.2, 0) is 13.0 Å². The molecule has 96 valence electrons. The van der Waals surface area contributed by atoms with Crippen LogP contribution >= 0.6 is 24.0 Å². The van der Waals surface area contributed by atoms with Crippen LogP contribution in [-0.4, -0.2) is 20.5 Å². The summed E-state index contributed by atoms with van der Waals surface area (Å²) >= 11 is 5.67.